The fourth-order valence-electron chi connectivity index (χ4n) is 2.00. The molecule has 106 valence electrons. The molecule has 0 aliphatic rings. The third-order valence-electron chi connectivity index (χ3n) is 3.12. The smallest absolute Gasteiger partial charge is 0.0312 e. The Labute approximate surface area is 129 Å². The van der Waals surface area contributed by atoms with Crippen LogP contribution in [0.25, 0.3) is 0 Å². The predicted octanol–water partition coefficient (Wildman–Crippen LogP) is 3.07. The second-order valence-electron chi connectivity index (χ2n) is 4.87. The SMILES string of the molecule is CN(CCNCc1cccnc1)Cc1ccccc1Br. The number of pyridine rings is 1. The maximum Gasteiger partial charge on any atom is 0.0312 e. The molecule has 0 spiro atoms. The van der Waals surface area contributed by atoms with Gasteiger partial charge in [-0.3, -0.25) is 4.98 Å². The zero-order valence-corrected chi connectivity index (χ0v) is 13.3. The lowest BCUT2D eigenvalue weighted by Crippen LogP contribution is -2.28. The lowest BCUT2D eigenvalue weighted by molar-refractivity contribution is 0.323. The first kappa shape index (κ1) is 15.2. The molecular formula is C16H20BrN3. The molecule has 2 aromatic rings. The zero-order valence-electron chi connectivity index (χ0n) is 11.7. The number of halogens is 1. The largest absolute Gasteiger partial charge is 0.311 e. The summed E-state index contributed by atoms with van der Waals surface area (Å²) in [5.41, 5.74) is 2.54. The zero-order chi connectivity index (χ0) is 14.2. The van der Waals surface area contributed by atoms with Crippen LogP contribution in [0, 0.1) is 0 Å². The van der Waals surface area contributed by atoms with Crippen LogP contribution in [0.1, 0.15) is 11.1 Å². The van der Waals surface area contributed by atoms with Crippen LogP contribution >= 0.6 is 15.9 Å². The normalized spacial score (nSPS) is 10.9. The van der Waals surface area contributed by atoms with Crippen molar-refractivity contribution in [3.8, 4) is 0 Å². The Kier molecular flexibility index (Phi) is 6.18. The number of aromatic nitrogens is 1. The van der Waals surface area contributed by atoms with E-state index in [0.717, 1.165) is 26.2 Å². The van der Waals surface area contributed by atoms with Crippen molar-refractivity contribution in [2.24, 2.45) is 0 Å². The molecule has 0 radical (unpaired) electrons. The second-order valence-corrected chi connectivity index (χ2v) is 5.72. The minimum atomic E-state index is 0.872. The van der Waals surface area contributed by atoms with Crippen molar-refractivity contribution < 1.29 is 0 Å². The van der Waals surface area contributed by atoms with Gasteiger partial charge in [0.2, 0.25) is 0 Å². The predicted molar refractivity (Wildman–Crippen MR) is 86.4 cm³/mol. The summed E-state index contributed by atoms with van der Waals surface area (Å²) in [4.78, 5) is 6.42. The van der Waals surface area contributed by atoms with E-state index in [-0.39, 0.29) is 0 Å². The van der Waals surface area contributed by atoms with Gasteiger partial charge < -0.3 is 10.2 Å². The van der Waals surface area contributed by atoms with Crippen LogP contribution in [0.4, 0.5) is 0 Å². The van der Waals surface area contributed by atoms with Crippen molar-refractivity contribution in [2.75, 3.05) is 20.1 Å². The molecule has 3 nitrogen and oxygen atoms in total. The molecule has 1 heterocycles. The lowest BCUT2D eigenvalue weighted by Gasteiger charge is -2.17. The van der Waals surface area contributed by atoms with E-state index in [9.17, 15) is 0 Å². The van der Waals surface area contributed by atoms with E-state index in [1.165, 1.54) is 15.6 Å². The molecule has 1 aromatic heterocycles. The fourth-order valence-corrected chi connectivity index (χ4v) is 2.41. The lowest BCUT2D eigenvalue weighted by atomic mass is 10.2. The summed E-state index contributed by atoms with van der Waals surface area (Å²) in [6, 6.07) is 12.4. The Morgan fingerprint density at radius 1 is 1.20 bits per heavy atom. The molecule has 0 amide bonds. The van der Waals surface area contributed by atoms with E-state index in [2.05, 4.69) is 62.4 Å². The highest BCUT2D eigenvalue weighted by Crippen LogP contribution is 2.16. The molecule has 20 heavy (non-hydrogen) atoms. The van der Waals surface area contributed by atoms with Crippen molar-refractivity contribution in [1.29, 1.82) is 0 Å². The van der Waals surface area contributed by atoms with Crippen LogP contribution in [-0.4, -0.2) is 30.0 Å². The molecule has 0 unspecified atom stereocenters. The Balaban J connectivity index is 1.68. The number of benzene rings is 1. The van der Waals surface area contributed by atoms with Crippen LogP contribution in [0.3, 0.4) is 0 Å². The van der Waals surface area contributed by atoms with Gasteiger partial charge in [-0.25, -0.2) is 0 Å². The topological polar surface area (TPSA) is 28.2 Å². The summed E-state index contributed by atoms with van der Waals surface area (Å²) in [6.45, 7) is 3.81. The maximum atomic E-state index is 4.11. The van der Waals surface area contributed by atoms with Crippen LogP contribution < -0.4 is 5.32 Å². The molecular weight excluding hydrogens is 314 g/mol. The fraction of sp³-hybridized carbons (Fsp3) is 0.312. The Morgan fingerprint density at radius 3 is 2.80 bits per heavy atom. The van der Waals surface area contributed by atoms with Gasteiger partial charge in [0.05, 0.1) is 0 Å². The summed E-state index contributed by atoms with van der Waals surface area (Å²) in [7, 11) is 2.14. The van der Waals surface area contributed by atoms with E-state index >= 15 is 0 Å². The molecule has 0 atom stereocenters. The molecule has 0 saturated carbocycles. The van der Waals surface area contributed by atoms with Gasteiger partial charge >= 0.3 is 0 Å². The van der Waals surface area contributed by atoms with Crippen LogP contribution in [-0.2, 0) is 13.1 Å². The summed E-state index contributed by atoms with van der Waals surface area (Å²) in [5.74, 6) is 0. The molecule has 0 aliphatic heterocycles. The first-order valence-electron chi connectivity index (χ1n) is 6.77. The molecule has 0 saturated heterocycles. The monoisotopic (exact) mass is 333 g/mol. The van der Waals surface area contributed by atoms with Crippen molar-refractivity contribution in [3.63, 3.8) is 0 Å². The Bertz CT molecular complexity index is 516. The summed E-state index contributed by atoms with van der Waals surface area (Å²) in [5, 5.41) is 3.44. The van der Waals surface area contributed by atoms with E-state index in [1.54, 1.807) is 6.20 Å². The summed E-state index contributed by atoms with van der Waals surface area (Å²) >= 11 is 3.59. The van der Waals surface area contributed by atoms with Crippen molar-refractivity contribution in [1.82, 2.24) is 15.2 Å². The molecule has 0 bridgehead atoms. The second kappa shape index (κ2) is 8.15. The van der Waals surface area contributed by atoms with Gasteiger partial charge in [0, 0.05) is 43.0 Å². The Morgan fingerprint density at radius 2 is 2.05 bits per heavy atom. The van der Waals surface area contributed by atoms with Crippen LogP contribution in [0.15, 0.2) is 53.3 Å². The van der Waals surface area contributed by atoms with Gasteiger partial charge in [-0.15, -0.1) is 0 Å². The Hall–Kier alpha value is -1.23. The van der Waals surface area contributed by atoms with Crippen molar-refractivity contribution in [2.45, 2.75) is 13.1 Å². The van der Waals surface area contributed by atoms with Crippen molar-refractivity contribution >= 4 is 15.9 Å². The number of rotatable bonds is 7. The van der Waals surface area contributed by atoms with Gasteiger partial charge in [0.15, 0.2) is 0 Å². The third-order valence-corrected chi connectivity index (χ3v) is 3.89. The van der Waals surface area contributed by atoms with E-state index in [4.69, 9.17) is 0 Å². The standard InChI is InChI=1S/C16H20BrN3/c1-20(13-15-6-2-3-7-16(15)17)10-9-19-12-14-5-4-8-18-11-14/h2-8,11,19H,9-10,12-13H2,1H3. The first-order chi connectivity index (χ1) is 9.75. The highest BCUT2D eigenvalue weighted by molar-refractivity contribution is 9.10. The van der Waals surface area contributed by atoms with E-state index < -0.39 is 0 Å². The summed E-state index contributed by atoms with van der Waals surface area (Å²) in [6.07, 6.45) is 3.70. The molecule has 4 heteroatoms. The molecule has 1 aromatic carbocycles. The number of hydrogen-bond acceptors (Lipinski definition) is 3. The van der Waals surface area contributed by atoms with Crippen molar-refractivity contribution in [3.05, 3.63) is 64.4 Å². The average Bonchev–Trinajstić information content (AvgIpc) is 2.47. The van der Waals surface area contributed by atoms with Gasteiger partial charge in [-0.1, -0.05) is 40.2 Å². The number of nitrogens with zero attached hydrogens (tertiary/aromatic N) is 2. The number of nitrogens with one attached hydrogen (secondary N) is 1. The highest BCUT2D eigenvalue weighted by Gasteiger charge is 2.03. The van der Waals surface area contributed by atoms with Gasteiger partial charge in [0.1, 0.15) is 0 Å². The third kappa shape index (κ3) is 5.04. The summed E-state index contributed by atoms with van der Waals surface area (Å²) < 4.78 is 1.18. The first-order valence-corrected chi connectivity index (χ1v) is 7.56. The highest BCUT2D eigenvalue weighted by atomic mass is 79.9. The van der Waals surface area contributed by atoms with Gasteiger partial charge in [-0.05, 0) is 30.3 Å². The average molecular weight is 334 g/mol. The minimum absolute atomic E-state index is 0.872. The van der Waals surface area contributed by atoms with E-state index in [0.29, 0.717) is 0 Å². The molecule has 1 N–H and O–H groups in total. The molecule has 0 aliphatic carbocycles. The molecule has 2 rings (SSSR count). The number of hydrogen-bond donors (Lipinski definition) is 1. The molecule has 0 fully saturated rings. The minimum Gasteiger partial charge on any atom is -0.311 e. The maximum absolute atomic E-state index is 4.11. The van der Waals surface area contributed by atoms with E-state index in [1.807, 2.05) is 18.3 Å². The number of likely N-dealkylation sites (N-methyl/N-ethyl adjacent to an activating group) is 1. The van der Waals surface area contributed by atoms with Crippen LogP contribution in [0.5, 0.6) is 0 Å². The van der Waals surface area contributed by atoms with Crippen LogP contribution in [0.2, 0.25) is 0 Å². The quantitative estimate of drug-likeness (QED) is 0.789. The van der Waals surface area contributed by atoms with Gasteiger partial charge in [-0.2, -0.15) is 0 Å². The van der Waals surface area contributed by atoms with Gasteiger partial charge in [0.25, 0.3) is 0 Å².